The Morgan fingerprint density at radius 3 is 2.63 bits per heavy atom. The number of nitrogens with one attached hydrogen (secondary N) is 2. The van der Waals surface area contributed by atoms with Crippen LogP contribution < -0.4 is 15.4 Å². The van der Waals surface area contributed by atoms with Crippen LogP contribution in [0.2, 0.25) is 10.0 Å². The van der Waals surface area contributed by atoms with Crippen LogP contribution in [-0.2, 0) is 12.7 Å². The van der Waals surface area contributed by atoms with Crippen molar-refractivity contribution in [2.24, 2.45) is 0 Å². The fourth-order valence-electron chi connectivity index (χ4n) is 2.30. The maximum absolute atomic E-state index is 12.8. The van der Waals surface area contributed by atoms with Crippen molar-refractivity contribution in [3.05, 3.63) is 39.6 Å². The molecule has 0 saturated carbocycles. The monoisotopic (exact) mass is 440 g/mol. The van der Waals surface area contributed by atoms with Crippen LogP contribution in [0, 0.1) is 6.92 Å². The van der Waals surface area contributed by atoms with E-state index in [1.54, 1.807) is 18.2 Å². The molecule has 1 aromatic heterocycles. The zero-order valence-electron chi connectivity index (χ0n) is 14.5. The second kappa shape index (κ2) is 8.99. The van der Waals surface area contributed by atoms with Gasteiger partial charge in [-0.25, -0.2) is 0 Å². The van der Waals surface area contributed by atoms with Gasteiger partial charge in [0.25, 0.3) is 0 Å². The Morgan fingerprint density at radius 2 is 2.04 bits per heavy atom. The van der Waals surface area contributed by atoms with Crippen LogP contribution >= 0.6 is 35.4 Å². The Labute approximate surface area is 169 Å². The van der Waals surface area contributed by atoms with E-state index in [2.05, 4.69) is 15.7 Å². The summed E-state index contributed by atoms with van der Waals surface area (Å²) in [5.74, 6) is 0.574. The molecule has 11 heteroatoms. The van der Waals surface area contributed by atoms with Crippen LogP contribution in [-0.4, -0.2) is 28.5 Å². The first-order valence-electron chi connectivity index (χ1n) is 7.82. The van der Waals surface area contributed by atoms with E-state index < -0.39 is 11.9 Å². The van der Waals surface area contributed by atoms with Crippen molar-refractivity contribution in [2.75, 3.05) is 19.0 Å². The summed E-state index contributed by atoms with van der Waals surface area (Å²) in [4.78, 5) is 0. The molecule has 0 bridgehead atoms. The van der Waals surface area contributed by atoms with Crippen molar-refractivity contribution in [1.82, 2.24) is 15.1 Å². The van der Waals surface area contributed by atoms with Crippen LogP contribution in [0.3, 0.4) is 0 Å². The van der Waals surface area contributed by atoms with Gasteiger partial charge in [-0.3, -0.25) is 4.68 Å². The van der Waals surface area contributed by atoms with Gasteiger partial charge in [0.2, 0.25) is 0 Å². The van der Waals surface area contributed by atoms with Gasteiger partial charge in [0.05, 0.1) is 23.5 Å². The molecule has 2 N–H and O–H groups in total. The lowest BCUT2D eigenvalue weighted by molar-refractivity contribution is -0.141. The number of benzene rings is 1. The van der Waals surface area contributed by atoms with Gasteiger partial charge in [0.15, 0.2) is 10.8 Å². The van der Waals surface area contributed by atoms with Crippen LogP contribution in [0.15, 0.2) is 18.2 Å². The molecular formula is C16H17Cl2F3N4OS. The highest BCUT2D eigenvalue weighted by atomic mass is 35.5. The third-order valence-corrected chi connectivity index (χ3v) is 4.58. The largest absolute Gasteiger partial charge is 0.495 e. The maximum Gasteiger partial charge on any atom is 0.436 e. The summed E-state index contributed by atoms with van der Waals surface area (Å²) in [6.07, 6.45) is -4.09. The summed E-state index contributed by atoms with van der Waals surface area (Å²) >= 11 is 16.9. The molecule has 0 aliphatic rings. The fraction of sp³-hybridized carbons (Fsp3) is 0.375. The lowest BCUT2D eigenvalue weighted by atomic mass is 10.3. The van der Waals surface area contributed by atoms with Crippen LogP contribution in [0.25, 0.3) is 0 Å². The molecule has 0 spiro atoms. The van der Waals surface area contributed by atoms with Crippen molar-refractivity contribution in [3.63, 3.8) is 0 Å². The highest BCUT2D eigenvalue weighted by molar-refractivity contribution is 7.80. The third kappa shape index (κ3) is 5.63. The van der Waals surface area contributed by atoms with Crippen molar-refractivity contribution >= 4 is 46.2 Å². The van der Waals surface area contributed by atoms with Crippen molar-refractivity contribution in [3.8, 4) is 5.75 Å². The quantitative estimate of drug-likeness (QED) is 0.493. The number of nitrogens with zero attached hydrogens (tertiary/aromatic N) is 2. The highest BCUT2D eigenvalue weighted by Crippen LogP contribution is 2.35. The Balaban J connectivity index is 1.87. The third-order valence-electron chi connectivity index (χ3n) is 3.64. The summed E-state index contributed by atoms with van der Waals surface area (Å²) in [6, 6.07) is 5.06. The predicted molar refractivity (Wildman–Crippen MR) is 104 cm³/mol. The standard InChI is InChI=1S/C16H17Cl2F3N4OS/c1-9-13(18)14(16(19,20)21)24-25(9)7-3-6-22-15(27)23-11-8-10(17)4-5-12(11)26-2/h4-5,8H,3,6-7H2,1-2H3,(H2,22,23,27). The summed E-state index contributed by atoms with van der Waals surface area (Å²) in [6.45, 7) is 2.18. The van der Waals surface area contributed by atoms with Gasteiger partial charge >= 0.3 is 6.18 Å². The Bertz CT molecular complexity index is 827. The normalized spacial score (nSPS) is 11.4. The highest BCUT2D eigenvalue weighted by Gasteiger charge is 2.38. The molecule has 148 valence electrons. The molecular weight excluding hydrogens is 424 g/mol. The topological polar surface area (TPSA) is 51.1 Å². The van der Waals surface area contributed by atoms with Gasteiger partial charge in [-0.15, -0.1) is 0 Å². The molecule has 5 nitrogen and oxygen atoms in total. The van der Waals surface area contributed by atoms with Crippen LogP contribution in [0.4, 0.5) is 18.9 Å². The van der Waals surface area contributed by atoms with Gasteiger partial charge < -0.3 is 15.4 Å². The van der Waals surface area contributed by atoms with Crippen molar-refractivity contribution in [2.45, 2.75) is 26.1 Å². The second-order valence-corrected chi connectivity index (χ2v) is 6.77. The zero-order valence-corrected chi connectivity index (χ0v) is 16.8. The fourth-order valence-corrected chi connectivity index (χ4v) is 2.92. The molecule has 0 aliphatic heterocycles. The minimum Gasteiger partial charge on any atom is -0.495 e. The predicted octanol–water partition coefficient (Wildman–Crippen LogP) is 4.90. The first kappa shape index (κ1) is 21.6. The summed E-state index contributed by atoms with van der Waals surface area (Å²) < 4.78 is 44.9. The first-order valence-corrected chi connectivity index (χ1v) is 8.98. The van der Waals surface area contributed by atoms with Gasteiger partial charge in [0.1, 0.15) is 5.75 Å². The van der Waals surface area contributed by atoms with E-state index >= 15 is 0 Å². The number of alkyl halides is 3. The van der Waals surface area contributed by atoms with E-state index in [0.29, 0.717) is 34.5 Å². The second-order valence-electron chi connectivity index (χ2n) is 5.55. The Hall–Kier alpha value is -1.71. The number of rotatable bonds is 6. The van der Waals surface area contributed by atoms with Crippen molar-refractivity contribution in [1.29, 1.82) is 0 Å². The van der Waals surface area contributed by atoms with Crippen molar-refractivity contribution < 1.29 is 17.9 Å². The number of thiocarbonyl (C=S) groups is 1. The molecule has 0 radical (unpaired) electrons. The number of hydrogen-bond donors (Lipinski definition) is 2. The number of hydrogen-bond acceptors (Lipinski definition) is 3. The van der Waals surface area contributed by atoms with Gasteiger partial charge in [-0.1, -0.05) is 23.2 Å². The minimum atomic E-state index is -4.58. The van der Waals surface area contributed by atoms with Crippen LogP contribution in [0.1, 0.15) is 17.8 Å². The van der Waals surface area contributed by atoms with Crippen LogP contribution in [0.5, 0.6) is 5.75 Å². The summed E-state index contributed by atoms with van der Waals surface area (Å²) in [5.41, 5.74) is -0.194. The maximum atomic E-state index is 12.8. The average Bonchev–Trinajstić information content (AvgIpc) is 2.87. The lowest BCUT2D eigenvalue weighted by Crippen LogP contribution is -2.30. The minimum absolute atomic E-state index is 0.262. The molecule has 0 fully saturated rings. The number of methoxy groups -OCH3 is 1. The molecule has 2 rings (SSSR count). The zero-order chi connectivity index (χ0) is 20.2. The number of aryl methyl sites for hydroxylation is 1. The number of anilines is 1. The smallest absolute Gasteiger partial charge is 0.436 e. The van der Waals surface area contributed by atoms with Gasteiger partial charge in [-0.2, -0.15) is 18.3 Å². The molecule has 0 saturated heterocycles. The molecule has 0 aliphatic carbocycles. The molecule has 0 atom stereocenters. The molecule has 27 heavy (non-hydrogen) atoms. The summed E-state index contributed by atoms with van der Waals surface area (Å²) in [7, 11) is 1.53. The molecule has 1 heterocycles. The van der Waals surface area contributed by atoms with Gasteiger partial charge in [-0.05, 0) is 43.8 Å². The van der Waals surface area contributed by atoms with E-state index in [9.17, 15) is 13.2 Å². The molecule has 2 aromatic rings. The summed E-state index contributed by atoms with van der Waals surface area (Å²) in [5, 5.41) is 9.96. The Morgan fingerprint density at radius 1 is 1.33 bits per heavy atom. The Kier molecular flexibility index (Phi) is 7.19. The first-order chi connectivity index (χ1) is 12.6. The molecule has 0 unspecified atom stereocenters. The van der Waals surface area contributed by atoms with E-state index in [1.165, 1.54) is 18.7 Å². The van der Waals surface area contributed by atoms with E-state index in [0.717, 1.165) is 0 Å². The average molecular weight is 441 g/mol. The SMILES string of the molecule is COc1ccc(Cl)cc1NC(=S)NCCCn1nc(C(F)(F)F)c(Cl)c1C. The van der Waals surface area contributed by atoms with E-state index in [-0.39, 0.29) is 17.3 Å². The van der Waals surface area contributed by atoms with E-state index in [1.807, 2.05) is 0 Å². The molecule has 1 aromatic carbocycles. The number of ether oxygens (including phenoxy) is 1. The number of halogens is 5. The molecule has 0 amide bonds. The van der Waals surface area contributed by atoms with E-state index in [4.69, 9.17) is 40.2 Å². The number of aromatic nitrogens is 2. The lowest BCUT2D eigenvalue weighted by Gasteiger charge is -2.14. The van der Waals surface area contributed by atoms with Gasteiger partial charge in [0, 0.05) is 18.1 Å².